The molecule has 0 bridgehead atoms. The first-order valence-electron chi connectivity index (χ1n) is 5.23. The number of rotatable bonds is 4. The maximum Gasteiger partial charge on any atom is 0.175 e. The van der Waals surface area contributed by atoms with Crippen LogP contribution in [-0.2, 0) is 15.6 Å². The van der Waals surface area contributed by atoms with Crippen LogP contribution in [0, 0.1) is 0 Å². The second-order valence-electron chi connectivity index (χ2n) is 3.79. The molecule has 0 atom stereocenters. The van der Waals surface area contributed by atoms with E-state index in [0.29, 0.717) is 5.02 Å². The van der Waals surface area contributed by atoms with E-state index in [0.717, 1.165) is 11.1 Å². The molecular formula is C13H11ClO2S2. The van der Waals surface area contributed by atoms with Crippen LogP contribution in [-0.4, -0.2) is 8.42 Å². The summed E-state index contributed by atoms with van der Waals surface area (Å²) in [7, 11) is -3.24. The van der Waals surface area contributed by atoms with Gasteiger partial charge in [0.15, 0.2) is 9.84 Å². The Labute approximate surface area is 115 Å². The summed E-state index contributed by atoms with van der Waals surface area (Å²) in [5.41, 5.74) is 1.63. The van der Waals surface area contributed by atoms with Crippen LogP contribution in [0.3, 0.4) is 0 Å². The van der Waals surface area contributed by atoms with Crippen LogP contribution in [0.1, 0.15) is 11.1 Å². The molecule has 5 heteroatoms. The number of halogens is 1. The van der Waals surface area contributed by atoms with Crippen molar-refractivity contribution in [1.29, 1.82) is 0 Å². The summed E-state index contributed by atoms with van der Waals surface area (Å²) in [6, 6.07) is 8.69. The van der Waals surface area contributed by atoms with E-state index in [2.05, 4.69) is 0 Å². The first-order chi connectivity index (χ1) is 8.55. The van der Waals surface area contributed by atoms with Crippen molar-refractivity contribution >= 4 is 38.9 Å². The summed E-state index contributed by atoms with van der Waals surface area (Å²) in [5, 5.41) is 5.66. The molecule has 0 aliphatic rings. The number of hydrogen-bond donors (Lipinski definition) is 0. The molecule has 1 aromatic heterocycles. The molecule has 0 aliphatic carbocycles. The van der Waals surface area contributed by atoms with Crippen molar-refractivity contribution in [3.8, 4) is 0 Å². The van der Waals surface area contributed by atoms with Gasteiger partial charge in [-0.3, -0.25) is 0 Å². The van der Waals surface area contributed by atoms with Crippen molar-refractivity contribution in [1.82, 2.24) is 0 Å². The molecule has 2 aromatic rings. The van der Waals surface area contributed by atoms with Gasteiger partial charge in [-0.1, -0.05) is 23.7 Å². The summed E-state index contributed by atoms with van der Waals surface area (Å²) in [6.07, 6.45) is 1.61. The van der Waals surface area contributed by atoms with Crippen LogP contribution in [0.4, 0.5) is 0 Å². The molecule has 0 saturated carbocycles. The lowest BCUT2D eigenvalue weighted by molar-refractivity contribution is 0.604. The molecule has 0 radical (unpaired) electrons. The largest absolute Gasteiger partial charge is 0.224 e. The SMILES string of the molecule is O=S(=O)(C=Cc1ccsc1)Cc1ccc(Cl)cc1. The minimum Gasteiger partial charge on any atom is -0.224 e. The average Bonchev–Trinajstić information content (AvgIpc) is 2.83. The third-order valence-corrected chi connectivity index (χ3v) is 4.53. The van der Waals surface area contributed by atoms with E-state index < -0.39 is 9.84 Å². The lowest BCUT2D eigenvalue weighted by Crippen LogP contribution is -1.99. The van der Waals surface area contributed by atoms with Crippen molar-refractivity contribution in [2.75, 3.05) is 0 Å². The number of benzene rings is 1. The van der Waals surface area contributed by atoms with Gasteiger partial charge in [0.25, 0.3) is 0 Å². The molecule has 2 rings (SSSR count). The topological polar surface area (TPSA) is 34.1 Å². The minimum atomic E-state index is -3.24. The Hall–Kier alpha value is -1.10. The Morgan fingerprint density at radius 2 is 1.89 bits per heavy atom. The maximum absolute atomic E-state index is 11.9. The lowest BCUT2D eigenvalue weighted by Gasteiger charge is -1.99. The first kappa shape index (κ1) is 13.3. The smallest absolute Gasteiger partial charge is 0.175 e. The highest BCUT2D eigenvalue weighted by atomic mass is 35.5. The van der Waals surface area contributed by atoms with Crippen LogP contribution >= 0.6 is 22.9 Å². The second-order valence-corrected chi connectivity index (χ2v) is 6.90. The Balaban J connectivity index is 2.10. The van der Waals surface area contributed by atoms with Gasteiger partial charge in [0.05, 0.1) is 5.75 Å². The third kappa shape index (κ3) is 3.98. The van der Waals surface area contributed by atoms with Gasteiger partial charge in [-0.05, 0) is 46.2 Å². The normalized spacial score (nSPS) is 12.1. The molecule has 0 saturated heterocycles. The van der Waals surface area contributed by atoms with Crippen LogP contribution in [0.25, 0.3) is 6.08 Å². The molecule has 18 heavy (non-hydrogen) atoms. The van der Waals surface area contributed by atoms with Gasteiger partial charge in [0.2, 0.25) is 0 Å². The van der Waals surface area contributed by atoms with E-state index in [-0.39, 0.29) is 5.75 Å². The molecule has 0 amide bonds. The molecule has 1 heterocycles. The quantitative estimate of drug-likeness (QED) is 0.855. The summed E-state index contributed by atoms with van der Waals surface area (Å²) >= 11 is 7.28. The fourth-order valence-electron chi connectivity index (χ4n) is 1.41. The highest BCUT2D eigenvalue weighted by Gasteiger charge is 2.07. The molecule has 94 valence electrons. The lowest BCUT2D eigenvalue weighted by atomic mass is 10.2. The highest BCUT2D eigenvalue weighted by Crippen LogP contribution is 2.14. The monoisotopic (exact) mass is 298 g/mol. The van der Waals surface area contributed by atoms with Crippen molar-refractivity contribution in [2.24, 2.45) is 0 Å². The zero-order valence-corrected chi connectivity index (χ0v) is 11.8. The van der Waals surface area contributed by atoms with Gasteiger partial charge < -0.3 is 0 Å². The maximum atomic E-state index is 11.9. The second kappa shape index (κ2) is 5.69. The van der Waals surface area contributed by atoms with Crippen molar-refractivity contribution < 1.29 is 8.42 Å². The zero-order chi connectivity index (χ0) is 13.0. The summed E-state index contributed by atoms with van der Waals surface area (Å²) < 4.78 is 23.7. The minimum absolute atomic E-state index is 0.00912. The number of sulfone groups is 1. The van der Waals surface area contributed by atoms with E-state index in [1.165, 1.54) is 16.7 Å². The summed E-state index contributed by atoms with van der Waals surface area (Å²) in [5.74, 6) is -0.00912. The molecular weight excluding hydrogens is 288 g/mol. The Morgan fingerprint density at radius 3 is 2.50 bits per heavy atom. The highest BCUT2D eigenvalue weighted by molar-refractivity contribution is 7.93. The predicted octanol–water partition coefficient (Wildman–Crippen LogP) is 3.99. The van der Waals surface area contributed by atoms with Crippen molar-refractivity contribution in [3.63, 3.8) is 0 Å². The van der Waals surface area contributed by atoms with E-state index in [1.807, 2.05) is 16.8 Å². The molecule has 0 aliphatic heterocycles. The standard InChI is InChI=1S/C13H11ClO2S2/c14-13-3-1-12(2-4-13)10-18(15,16)8-6-11-5-7-17-9-11/h1-9H,10H2. The van der Waals surface area contributed by atoms with Crippen molar-refractivity contribution in [3.05, 3.63) is 62.6 Å². The van der Waals surface area contributed by atoms with Gasteiger partial charge in [0.1, 0.15) is 0 Å². The first-order valence-corrected chi connectivity index (χ1v) is 8.26. The molecule has 2 nitrogen and oxygen atoms in total. The predicted molar refractivity (Wildman–Crippen MR) is 77.4 cm³/mol. The van der Waals surface area contributed by atoms with Gasteiger partial charge >= 0.3 is 0 Å². The number of hydrogen-bond acceptors (Lipinski definition) is 3. The number of thiophene rings is 1. The molecule has 0 unspecified atom stereocenters. The van der Waals surface area contributed by atoms with E-state index in [4.69, 9.17) is 11.6 Å². The van der Waals surface area contributed by atoms with E-state index in [9.17, 15) is 8.42 Å². The molecule has 0 spiro atoms. The Morgan fingerprint density at radius 1 is 1.17 bits per heavy atom. The zero-order valence-electron chi connectivity index (χ0n) is 9.41. The van der Waals surface area contributed by atoms with Crippen LogP contribution < -0.4 is 0 Å². The Bertz CT molecular complexity index is 626. The van der Waals surface area contributed by atoms with Crippen LogP contribution in [0.2, 0.25) is 5.02 Å². The van der Waals surface area contributed by atoms with Crippen LogP contribution in [0.5, 0.6) is 0 Å². The van der Waals surface area contributed by atoms with Crippen LogP contribution in [0.15, 0.2) is 46.5 Å². The average molecular weight is 299 g/mol. The fourth-order valence-corrected chi connectivity index (χ4v) is 3.29. The summed E-state index contributed by atoms with van der Waals surface area (Å²) in [4.78, 5) is 0. The fraction of sp³-hybridized carbons (Fsp3) is 0.0769. The molecule has 1 aromatic carbocycles. The molecule has 0 N–H and O–H groups in total. The van der Waals surface area contributed by atoms with Gasteiger partial charge in [-0.25, -0.2) is 8.42 Å². The third-order valence-electron chi connectivity index (χ3n) is 2.29. The van der Waals surface area contributed by atoms with Gasteiger partial charge in [-0.2, -0.15) is 11.3 Å². The Kier molecular flexibility index (Phi) is 4.22. The summed E-state index contributed by atoms with van der Waals surface area (Å²) in [6.45, 7) is 0. The van der Waals surface area contributed by atoms with Crippen molar-refractivity contribution in [2.45, 2.75) is 5.75 Å². The van der Waals surface area contributed by atoms with E-state index >= 15 is 0 Å². The molecule has 0 fully saturated rings. The van der Waals surface area contributed by atoms with Gasteiger partial charge in [-0.15, -0.1) is 0 Å². The van der Waals surface area contributed by atoms with Gasteiger partial charge in [0, 0.05) is 10.4 Å². The van der Waals surface area contributed by atoms with E-state index in [1.54, 1.807) is 30.3 Å².